The third-order valence-electron chi connectivity index (χ3n) is 3.97. The highest BCUT2D eigenvalue weighted by Crippen LogP contribution is 2.35. The molecule has 0 spiro atoms. The Morgan fingerprint density at radius 1 is 1.19 bits per heavy atom. The van der Waals surface area contributed by atoms with Gasteiger partial charge in [-0.3, -0.25) is 14.8 Å². The highest BCUT2D eigenvalue weighted by Gasteiger charge is 2.34. The van der Waals surface area contributed by atoms with Gasteiger partial charge in [0.1, 0.15) is 11.7 Å². The fourth-order valence-corrected chi connectivity index (χ4v) is 2.74. The molecule has 0 aromatic heterocycles. The van der Waals surface area contributed by atoms with Gasteiger partial charge in [-0.2, -0.15) is 0 Å². The molecule has 0 radical (unpaired) electrons. The van der Waals surface area contributed by atoms with E-state index in [2.05, 4.69) is 0 Å². The summed E-state index contributed by atoms with van der Waals surface area (Å²) in [5, 5.41) is 27.2. The number of aliphatic carboxylic acids is 1. The lowest BCUT2D eigenvalue weighted by molar-refractivity contribution is -0.142. The van der Waals surface area contributed by atoms with E-state index >= 15 is 0 Å². The monoisotopic (exact) mass is 361 g/mol. The summed E-state index contributed by atoms with van der Waals surface area (Å²) in [6.45, 7) is 0.110. The summed E-state index contributed by atoms with van der Waals surface area (Å²) in [7, 11) is 0. The lowest BCUT2D eigenvalue weighted by Crippen LogP contribution is -2.26. The van der Waals surface area contributed by atoms with Crippen molar-refractivity contribution in [2.45, 2.75) is 18.8 Å². The van der Waals surface area contributed by atoms with Gasteiger partial charge in [-0.05, 0) is 30.2 Å². The first-order valence-electron chi connectivity index (χ1n) is 7.94. The molecule has 1 aliphatic rings. The number of carboxylic acid groups (broad SMARTS) is 2. The first-order valence-corrected chi connectivity index (χ1v) is 7.94. The number of carbonyl (C=O) groups excluding carboxylic acids is 1. The second-order valence-corrected chi connectivity index (χ2v) is 5.71. The van der Waals surface area contributed by atoms with Gasteiger partial charge in [-0.1, -0.05) is 24.3 Å². The van der Waals surface area contributed by atoms with Crippen LogP contribution in [0.1, 0.15) is 34.7 Å². The van der Waals surface area contributed by atoms with Crippen molar-refractivity contribution >= 4 is 17.8 Å². The Kier molecular flexibility index (Phi) is 6.51. The Labute approximate surface area is 149 Å². The van der Waals surface area contributed by atoms with Crippen LogP contribution in [0.5, 0.6) is 0 Å². The molecule has 1 aliphatic carbocycles. The van der Waals surface area contributed by atoms with Crippen LogP contribution in [0.3, 0.4) is 0 Å². The Morgan fingerprint density at radius 3 is 2.62 bits per heavy atom. The summed E-state index contributed by atoms with van der Waals surface area (Å²) in [6, 6.07) is 6.12. The fourth-order valence-electron chi connectivity index (χ4n) is 2.74. The van der Waals surface area contributed by atoms with E-state index in [1.165, 1.54) is 17.6 Å². The number of aromatic carboxylic acids is 1. The molecule has 2 rings (SSSR count). The average Bonchev–Trinajstić information content (AvgIpc) is 2.64. The maximum absolute atomic E-state index is 11.8. The van der Waals surface area contributed by atoms with E-state index in [1.54, 1.807) is 30.4 Å². The summed E-state index contributed by atoms with van der Waals surface area (Å²) >= 11 is 0. The van der Waals surface area contributed by atoms with Crippen LogP contribution in [0.25, 0.3) is 0 Å². The van der Waals surface area contributed by atoms with E-state index in [0.717, 1.165) is 0 Å². The number of carboxylic acids is 2. The van der Waals surface area contributed by atoms with Gasteiger partial charge in [0.05, 0.1) is 12.2 Å². The third kappa shape index (κ3) is 4.70. The van der Waals surface area contributed by atoms with Crippen molar-refractivity contribution < 1.29 is 34.5 Å². The largest absolute Gasteiger partial charge is 0.497 e. The zero-order chi connectivity index (χ0) is 19.1. The first kappa shape index (κ1) is 19.2. The van der Waals surface area contributed by atoms with Gasteiger partial charge >= 0.3 is 11.9 Å². The molecule has 1 aromatic carbocycles. The third-order valence-corrected chi connectivity index (χ3v) is 3.97. The summed E-state index contributed by atoms with van der Waals surface area (Å²) < 4.78 is 5.53. The molecule has 2 unspecified atom stereocenters. The number of hydroxylamine groups is 1. The molecule has 0 heterocycles. The first-order chi connectivity index (χ1) is 12.4. The number of ether oxygens (including phenoxy) is 1. The molecule has 0 saturated carbocycles. The summed E-state index contributed by atoms with van der Waals surface area (Å²) in [6.07, 6.45) is 5.24. The maximum Gasteiger partial charge on any atom is 0.335 e. The van der Waals surface area contributed by atoms with E-state index in [1.807, 2.05) is 0 Å². The maximum atomic E-state index is 11.8. The second-order valence-electron chi connectivity index (χ2n) is 5.71. The van der Waals surface area contributed by atoms with Crippen LogP contribution < -0.4 is 5.48 Å². The Morgan fingerprint density at radius 2 is 1.96 bits per heavy atom. The van der Waals surface area contributed by atoms with Crippen molar-refractivity contribution in [1.29, 1.82) is 0 Å². The van der Waals surface area contributed by atoms with E-state index in [0.29, 0.717) is 12.0 Å². The second kappa shape index (κ2) is 8.82. The Balaban J connectivity index is 2.14. The molecule has 1 aromatic rings. The van der Waals surface area contributed by atoms with Crippen LogP contribution in [0.2, 0.25) is 0 Å². The van der Waals surface area contributed by atoms with Gasteiger partial charge in [0, 0.05) is 12.3 Å². The molecule has 0 saturated heterocycles. The van der Waals surface area contributed by atoms with Crippen molar-refractivity contribution in [1.82, 2.24) is 5.48 Å². The molecule has 2 atom stereocenters. The number of hydrogen-bond donors (Lipinski definition) is 4. The zero-order valence-corrected chi connectivity index (χ0v) is 13.8. The predicted molar refractivity (Wildman–Crippen MR) is 89.6 cm³/mol. The lowest BCUT2D eigenvalue weighted by Gasteiger charge is -2.27. The molecule has 8 heteroatoms. The average molecular weight is 361 g/mol. The van der Waals surface area contributed by atoms with Gasteiger partial charge in [0.15, 0.2) is 0 Å². The van der Waals surface area contributed by atoms with Crippen LogP contribution in [0.4, 0.5) is 0 Å². The van der Waals surface area contributed by atoms with E-state index in [-0.39, 0.29) is 24.4 Å². The van der Waals surface area contributed by atoms with Gasteiger partial charge < -0.3 is 14.9 Å². The fraction of sp³-hybridized carbons (Fsp3) is 0.278. The van der Waals surface area contributed by atoms with Crippen molar-refractivity contribution in [3.05, 3.63) is 59.4 Å². The Hall–Kier alpha value is -3.13. The number of allylic oxidation sites excluding steroid dienone is 3. The normalized spacial score (nSPS) is 18.7. The van der Waals surface area contributed by atoms with Crippen LogP contribution in [0, 0.1) is 5.92 Å². The van der Waals surface area contributed by atoms with E-state index < -0.39 is 29.7 Å². The smallest absolute Gasteiger partial charge is 0.335 e. The quantitative estimate of drug-likeness (QED) is 0.316. The van der Waals surface area contributed by atoms with Gasteiger partial charge in [0.25, 0.3) is 0 Å². The molecule has 1 amide bonds. The van der Waals surface area contributed by atoms with Crippen molar-refractivity contribution in [3.63, 3.8) is 0 Å². The molecule has 8 nitrogen and oxygen atoms in total. The van der Waals surface area contributed by atoms with Crippen LogP contribution in [-0.2, 0) is 14.3 Å². The Bertz CT molecular complexity index is 754. The molecule has 0 fully saturated rings. The number of rotatable bonds is 8. The topological polar surface area (TPSA) is 133 Å². The van der Waals surface area contributed by atoms with Gasteiger partial charge in [-0.15, -0.1) is 0 Å². The predicted octanol–water partition coefficient (Wildman–Crippen LogP) is 1.93. The van der Waals surface area contributed by atoms with Crippen molar-refractivity contribution in [2.24, 2.45) is 5.92 Å². The van der Waals surface area contributed by atoms with Crippen molar-refractivity contribution in [3.8, 4) is 0 Å². The van der Waals surface area contributed by atoms with Crippen molar-refractivity contribution in [2.75, 3.05) is 6.61 Å². The standard InChI is InChI=1S/C18H19NO7/c20-15(19-25)8-3-9-26-14-7-2-6-13(16(14)18(23)24)11-4-1-5-12(10-11)17(21)22/h1-2,4-7,10,13,16,25H,3,8-9H2,(H,19,20)(H,21,22)(H,23,24). The van der Waals surface area contributed by atoms with Gasteiger partial charge in [0.2, 0.25) is 5.91 Å². The number of nitrogens with one attached hydrogen (secondary N) is 1. The molecule has 138 valence electrons. The molecular formula is C18H19NO7. The highest BCUT2D eigenvalue weighted by atomic mass is 16.5. The van der Waals surface area contributed by atoms with E-state index in [4.69, 9.17) is 15.1 Å². The number of hydrogen-bond acceptors (Lipinski definition) is 5. The zero-order valence-electron chi connectivity index (χ0n) is 13.8. The minimum atomic E-state index is -1.10. The highest BCUT2D eigenvalue weighted by molar-refractivity contribution is 5.88. The SMILES string of the molecule is O=C(CCCOC1=CC=CC(c2cccc(C(=O)O)c2)C1C(=O)O)NO. The molecule has 26 heavy (non-hydrogen) atoms. The number of carbonyl (C=O) groups is 3. The molecular weight excluding hydrogens is 342 g/mol. The van der Waals surface area contributed by atoms with Crippen LogP contribution in [-0.4, -0.2) is 39.9 Å². The van der Waals surface area contributed by atoms with Gasteiger partial charge in [-0.25, -0.2) is 10.3 Å². The number of benzene rings is 1. The molecule has 0 aliphatic heterocycles. The van der Waals surface area contributed by atoms with E-state index in [9.17, 15) is 19.5 Å². The summed E-state index contributed by atoms with van der Waals surface area (Å²) in [5.41, 5.74) is 2.14. The minimum absolute atomic E-state index is 0.0431. The lowest BCUT2D eigenvalue weighted by atomic mass is 9.81. The molecule has 4 N–H and O–H groups in total. The summed E-state index contributed by atoms with van der Waals surface area (Å²) in [4.78, 5) is 33.9. The minimum Gasteiger partial charge on any atom is -0.497 e. The number of amides is 1. The summed E-state index contributed by atoms with van der Waals surface area (Å²) in [5.74, 6) is -4.09. The van der Waals surface area contributed by atoms with Crippen LogP contribution >= 0.6 is 0 Å². The van der Waals surface area contributed by atoms with Crippen LogP contribution in [0.15, 0.2) is 48.3 Å². The molecule has 0 bridgehead atoms.